The van der Waals surface area contributed by atoms with Crippen molar-refractivity contribution in [3.63, 3.8) is 0 Å². The number of hydrogen-bond acceptors (Lipinski definition) is 4. The van der Waals surface area contributed by atoms with Crippen LogP contribution in [0.2, 0.25) is 0 Å². The van der Waals surface area contributed by atoms with E-state index in [1.807, 2.05) is 31.2 Å². The number of hydrogen-bond donors (Lipinski definition) is 0. The van der Waals surface area contributed by atoms with E-state index in [9.17, 15) is 14.9 Å². The molecule has 1 aromatic rings. The molecule has 2 rings (SSSR count). The molecule has 90 valence electrons. The van der Waals surface area contributed by atoms with Crippen LogP contribution in [0.5, 0.6) is 0 Å². The van der Waals surface area contributed by atoms with Gasteiger partial charge in [-0.1, -0.05) is 29.8 Å². The first-order chi connectivity index (χ1) is 8.02. The van der Waals surface area contributed by atoms with Crippen molar-refractivity contribution in [3.05, 3.63) is 45.5 Å². The Morgan fingerprint density at radius 3 is 2.53 bits per heavy atom. The second-order valence-electron chi connectivity index (χ2n) is 4.34. The van der Waals surface area contributed by atoms with Crippen molar-refractivity contribution in [2.24, 2.45) is 0 Å². The van der Waals surface area contributed by atoms with E-state index in [2.05, 4.69) is 4.74 Å². The quantitative estimate of drug-likeness (QED) is 0.454. The molecular formula is C12H13NO4. The molecule has 0 amide bonds. The molecule has 0 heterocycles. The largest absolute Gasteiger partial charge is 0.464 e. The number of esters is 1. The van der Waals surface area contributed by atoms with Crippen molar-refractivity contribution >= 4 is 5.97 Å². The molecule has 0 bridgehead atoms. The van der Waals surface area contributed by atoms with E-state index in [1.54, 1.807) is 0 Å². The Hall–Kier alpha value is -1.91. The Kier molecular flexibility index (Phi) is 2.61. The summed E-state index contributed by atoms with van der Waals surface area (Å²) in [6.45, 7) is 1.94. The van der Waals surface area contributed by atoms with Crippen LogP contribution in [0.25, 0.3) is 0 Å². The molecule has 2 atom stereocenters. The molecule has 1 aliphatic carbocycles. The summed E-state index contributed by atoms with van der Waals surface area (Å²) in [4.78, 5) is 22.0. The lowest BCUT2D eigenvalue weighted by molar-refractivity contribution is -0.526. The Bertz CT molecular complexity index is 468. The molecule has 0 N–H and O–H groups in total. The predicted molar refractivity (Wildman–Crippen MR) is 60.3 cm³/mol. The SMILES string of the molecule is COC(=O)[C@]1([N+](=O)[O-])C[C@H]1c1ccc(C)cc1. The van der Waals surface area contributed by atoms with Gasteiger partial charge in [0, 0.05) is 11.3 Å². The lowest BCUT2D eigenvalue weighted by Gasteiger charge is -2.07. The summed E-state index contributed by atoms with van der Waals surface area (Å²) in [5, 5.41) is 11.0. The molecule has 1 aliphatic rings. The zero-order valence-electron chi connectivity index (χ0n) is 9.67. The normalized spacial score (nSPS) is 26.4. The molecule has 1 aromatic carbocycles. The molecule has 0 aliphatic heterocycles. The van der Waals surface area contributed by atoms with E-state index in [-0.39, 0.29) is 12.3 Å². The highest BCUT2D eigenvalue weighted by atomic mass is 16.6. The number of ether oxygens (including phenoxy) is 1. The van der Waals surface area contributed by atoms with Crippen molar-refractivity contribution in [1.82, 2.24) is 0 Å². The van der Waals surface area contributed by atoms with Crippen molar-refractivity contribution in [2.45, 2.75) is 24.8 Å². The number of aryl methyl sites for hydroxylation is 1. The molecule has 5 heteroatoms. The third-order valence-electron chi connectivity index (χ3n) is 3.28. The maximum absolute atomic E-state index is 11.5. The third-order valence-corrected chi connectivity index (χ3v) is 3.28. The van der Waals surface area contributed by atoms with Gasteiger partial charge in [-0.3, -0.25) is 10.1 Å². The van der Waals surface area contributed by atoms with E-state index in [4.69, 9.17) is 0 Å². The molecule has 0 spiro atoms. The summed E-state index contributed by atoms with van der Waals surface area (Å²) in [6.07, 6.45) is 0.218. The Labute approximate surface area is 98.5 Å². The van der Waals surface area contributed by atoms with Gasteiger partial charge in [0.1, 0.15) is 0 Å². The minimum atomic E-state index is -1.57. The average Bonchev–Trinajstić information content (AvgIpc) is 3.05. The van der Waals surface area contributed by atoms with Crippen LogP contribution in [0, 0.1) is 17.0 Å². The number of benzene rings is 1. The summed E-state index contributed by atoms with van der Waals surface area (Å²) < 4.78 is 4.53. The summed E-state index contributed by atoms with van der Waals surface area (Å²) in [7, 11) is 1.18. The second-order valence-corrected chi connectivity index (χ2v) is 4.34. The zero-order chi connectivity index (χ0) is 12.6. The van der Waals surface area contributed by atoms with Crippen LogP contribution in [0.4, 0.5) is 0 Å². The van der Waals surface area contributed by atoms with Gasteiger partial charge in [0.2, 0.25) is 0 Å². The van der Waals surface area contributed by atoms with E-state index < -0.39 is 16.4 Å². The topological polar surface area (TPSA) is 69.4 Å². The number of nitro groups is 1. The van der Waals surface area contributed by atoms with Gasteiger partial charge in [0.05, 0.1) is 13.0 Å². The number of nitrogens with zero attached hydrogens (tertiary/aromatic N) is 1. The minimum Gasteiger partial charge on any atom is -0.464 e. The molecule has 0 saturated heterocycles. The van der Waals surface area contributed by atoms with Crippen LogP contribution in [0.3, 0.4) is 0 Å². The molecule has 0 aromatic heterocycles. The number of methoxy groups -OCH3 is 1. The van der Waals surface area contributed by atoms with E-state index in [0.717, 1.165) is 11.1 Å². The average molecular weight is 235 g/mol. The van der Waals surface area contributed by atoms with Gasteiger partial charge in [-0.15, -0.1) is 0 Å². The highest BCUT2D eigenvalue weighted by molar-refractivity contribution is 5.85. The highest BCUT2D eigenvalue weighted by Gasteiger charge is 2.73. The number of carbonyl (C=O) groups excluding carboxylic acids is 1. The first-order valence-electron chi connectivity index (χ1n) is 5.32. The maximum Gasteiger partial charge on any atom is 0.385 e. The smallest absolute Gasteiger partial charge is 0.385 e. The molecular weight excluding hydrogens is 222 g/mol. The van der Waals surface area contributed by atoms with Crippen molar-refractivity contribution in [3.8, 4) is 0 Å². The maximum atomic E-state index is 11.5. The first kappa shape index (κ1) is 11.6. The van der Waals surface area contributed by atoms with E-state index in [0.29, 0.717) is 0 Å². The predicted octanol–water partition coefficient (Wildman–Crippen LogP) is 1.67. The molecule has 0 radical (unpaired) electrons. The molecule has 1 fully saturated rings. The summed E-state index contributed by atoms with van der Waals surface area (Å²) in [5.74, 6) is -1.13. The van der Waals surface area contributed by atoms with Crippen LogP contribution in [0.15, 0.2) is 24.3 Å². The Morgan fingerprint density at radius 2 is 2.06 bits per heavy atom. The van der Waals surface area contributed by atoms with Gasteiger partial charge in [0.25, 0.3) is 0 Å². The fraction of sp³-hybridized carbons (Fsp3) is 0.417. The second kappa shape index (κ2) is 3.84. The zero-order valence-corrected chi connectivity index (χ0v) is 9.67. The lowest BCUT2D eigenvalue weighted by atomic mass is 10.0. The van der Waals surface area contributed by atoms with Gasteiger partial charge in [-0.05, 0) is 12.5 Å². The van der Waals surface area contributed by atoms with E-state index >= 15 is 0 Å². The van der Waals surface area contributed by atoms with Gasteiger partial charge in [0.15, 0.2) is 0 Å². The summed E-state index contributed by atoms with van der Waals surface area (Å²) >= 11 is 0. The molecule has 1 saturated carbocycles. The lowest BCUT2D eigenvalue weighted by Crippen LogP contribution is -2.34. The summed E-state index contributed by atoms with van der Waals surface area (Å²) in [6, 6.07) is 7.42. The van der Waals surface area contributed by atoms with Crippen LogP contribution in [-0.2, 0) is 9.53 Å². The number of carbonyl (C=O) groups is 1. The standard InChI is InChI=1S/C12H13NO4/c1-8-3-5-9(6-4-8)10-7-12(10,13(15)16)11(14)17-2/h3-6,10H,7H2,1-2H3/t10-,12-/m0/s1. The van der Waals surface area contributed by atoms with Crippen LogP contribution >= 0.6 is 0 Å². The Balaban J connectivity index is 2.29. The molecule has 5 nitrogen and oxygen atoms in total. The van der Waals surface area contributed by atoms with Crippen molar-refractivity contribution in [2.75, 3.05) is 7.11 Å². The van der Waals surface area contributed by atoms with Crippen LogP contribution in [-0.4, -0.2) is 23.5 Å². The third kappa shape index (κ3) is 1.67. The minimum absolute atomic E-state index is 0.218. The molecule has 0 unspecified atom stereocenters. The van der Waals surface area contributed by atoms with Crippen LogP contribution in [0.1, 0.15) is 23.5 Å². The summed E-state index contributed by atoms with van der Waals surface area (Å²) in [5.41, 5.74) is 0.334. The van der Waals surface area contributed by atoms with Crippen LogP contribution < -0.4 is 0 Å². The van der Waals surface area contributed by atoms with Gasteiger partial charge in [-0.25, -0.2) is 4.79 Å². The molecule has 17 heavy (non-hydrogen) atoms. The Morgan fingerprint density at radius 1 is 1.47 bits per heavy atom. The van der Waals surface area contributed by atoms with E-state index in [1.165, 1.54) is 7.11 Å². The van der Waals surface area contributed by atoms with Gasteiger partial charge < -0.3 is 4.74 Å². The van der Waals surface area contributed by atoms with Gasteiger partial charge >= 0.3 is 11.5 Å². The highest BCUT2D eigenvalue weighted by Crippen LogP contribution is 2.54. The number of rotatable bonds is 3. The fourth-order valence-electron chi connectivity index (χ4n) is 2.12. The van der Waals surface area contributed by atoms with Gasteiger partial charge in [-0.2, -0.15) is 0 Å². The van der Waals surface area contributed by atoms with Crippen molar-refractivity contribution in [1.29, 1.82) is 0 Å². The fourth-order valence-corrected chi connectivity index (χ4v) is 2.12. The first-order valence-corrected chi connectivity index (χ1v) is 5.32. The monoisotopic (exact) mass is 235 g/mol. The van der Waals surface area contributed by atoms with Crippen molar-refractivity contribution < 1.29 is 14.5 Å².